The highest BCUT2D eigenvalue weighted by molar-refractivity contribution is 6.00. The average molecular weight is 405 g/mol. The van der Waals surface area contributed by atoms with Crippen molar-refractivity contribution in [3.63, 3.8) is 0 Å². The molecule has 0 bridgehead atoms. The molecule has 2 aromatic carbocycles. The van der Waals surface area contributed by atoms with E-state index >= 15 is 0 Å². The molecule has 0 atom stereocenters. The van der Waals surface area contributed by atoms with Crippen LogP contribution in [0.15, 0.2) is 67.3 Å². The van der Waals surface area contributed by atoms with Gasteiger partial charge >= 0.3 is 0 Å². The molecule has 0 radical (unpaired) electrons. The molecule has 1 aliphatic carbocycles. The van der Waals surface area contributed by atoms with Gasteiger partial charge in [-0.3, -0.25) is 9.59 Å². The molecule has 7 nitrogen and oxygen atoms in total. The van der Waals surface area contributed by atoms with E-state index in [4.69, 9.17) is 0 Å². The number of carbonyl (C=O) groups excluding carboxylic acids is 2. The third kappa shape index (κ3) is 4.60. The summed E-state index contributed by atoms with van der Waals surface area (Å²) in [6.07, 6.45) is 5.37. The lowest BCUT2D eigenvalue weighted by atomic mass is 10.1. The van der Waals surface area contributed by atoms with Crippen LogP contribution < -0.4 is 16.0 Å². The molecule has 3 N–H and O–H groups in total. The maximum absolute atomic E-state index is 13.0. The summed E-state index contributed by atoms with van der Waals surface area (Å²) in [5, 5.41) is 8.86. The van der Waals surface area contributed by atoms with Gasteiger partial charge in [0.05, 0.1) is 5.56 Å². The summed E-state index contributed by atoms with van der Waals surface area (Å²) < 4.78 is 13.0. The molecule has 0 saturated heterocycles. The van der Waals surface area contributed by atoms with E-state index in [2.05, 4.69) is 25.9 Å². The topological polar surface area (TPSA) is 96.0 Å². The quantitative estimate of drug-likeness (QED) is 0.562. The van der Waals surface area contributed by atoms with Crippen LogP contribution in [0.2, 0.25) is 0 Å². The lowest BCUT2D eigenvalue weighted by Gasteiger charge is -2.17. The zero-order chi connectivity index (χ0) is 21.0. The molecule has 0 spiro atoms. The molecule has 8 heteroatoms. The summed E-state index contributed by atoms with van der Waals surface area (Å²) in [6.45, 7) is 0.349. The van der Waals surface area contributed by atoms with Crippen LogP contribution in [-0.4, -0.2) is 27.3 Å². The van der Waals surface area contributed by atoms with Crippen LogP contribution in [0.3, 0.4) is 0 Å². The molecule has 1 fully saturated rings. The Bertz CT molecular complexity index is 1040. The Morgan fingerprint density at radius 1 is 0.933 bits per heavy atom. The summed E-state index contributed by atoms with van der Waals surface area (Å²) in [5.41, 5.74) is 2.02. The minimum absolute atomic E-state index is 0.207. The number of aromatic nitrogens is 2. The number of benzene rings is 2. The number of hydrogen-bond donors (Lipinski definition) is 3. The Balaban J connectivity index is 1.30. The number of nitrogens with one attached hydrogen (secondary N) is 3. The van der Waals surface area contributed by atoms with Crippen molar-refractivity contribution in [2.24, 2.45) is 0 Å². The average Bonchev–Trinajstić information content (AvgIpc) is 3.56. The monoisotopic (exact) mass is 405 g/mol. The number of halogens is 1. The zero-order valence-electron chi connectivity index (χ0n) is 16.1. The summed E-state index contributed by atoms with van der Waals surface area (Å²) in [4.78, 5) is 32.5. The van der Waals surface area contributed by atoms with Crippen molar-refractivity contribution in [3.8, 4) is 0 Å². The highest BCUT2D eigenvalue weighted by Crippen LogP contribution is 2.36. The Morgan fingerprint density at radius 2 is 1.53 bits per heavy atom. The number of amides is 2. The Labute approximate surface area is 172 Å². The Hall–Kier alpha value is -3.81. The van der Waals surface area contributed by atoms with Crippen LogP contribution >= 0.6 is 0 Å². The smallest absolute Gasteiger partial charge is 0.255 e. The van der Waals surface area contributed by atoms with Crippen LogP contribution in [0.1, 0.15) is 28.8 Å². The van der Waals surface area contributed by atoms with Gasteiger partial charge in [0.25, 0.3) is 5.91 Å². The molecule has 1 aliphatic rings. The SMILES string of the molecule is O=C(NC1(C(=O)NCc2ccc(Nc3ccc(F)cc3)cc2)CC1)c1cncnc1. The second-order valence-corrected chi connectivity index (χ2v) is 7.17. The second kappa shape index (κ2) is 8.28. The number of hydrogen-bond acceptors (Lipinski definition) is 5. The molecule has 152 valence electrons. The summed E-state index contributed by atoms with van der Waals surface area (Å²) >= 11 is 0. The van der Waals surface area contributed by atoms with Crippen molar-refractivity contribution in [1.82, 2.24) is 20.6 Å². The van der Waals surface area contributed by atoms with E-state index in [1.165, 1.54) is 30.9 Å². The molecule has 1 saturated carbocycles. The van der Waals surface area contributed by atoms with Gasteiger partial charge in [-0.1, -0.05) is 12.1 Å². The largest absolute Gasteiger partial charge is 0.356 e. The second-order valence-electron chi connectivity index (χ2n) is 7.17. The maximum Gasteiger partial charge on any atom is 0.255 e. The third-order valence-electron chi connectivity index (χ3n) is 4.90. The van der Waals surface area contributed by atoms with Crippen molar-refractivity contribution in [2.45, 2.75) is 24.9 Å². The maximum atomic E-state index is 13.0. The van der Waals surface area contributed by atoms with Crippen LogP contribution in [0.5, 0.6) is 0 Å². The van der Waals surface area contributed by atoms with Gasteiger partial charge in [0.15, 0.2) is 0 Å². The highest BCUT2D eigenvalue weighted by Gasteiger charge is 2.51. The predicted octanol–water partition coefficient (Wildman–Crippen LogP) is 2.94. The summed E-state index contributed by atoms with van der Waals surface area (Å²) in [6, 6.07) is 13.7. The van der Waals surface area contributed by atoms with Crippen LogP contribution in [0, 0.1) is 5.82 Å². The van der Waals surface area contributed by atoms with Crippen molar-refractivity contribution in [3.05, 3.63) is 84.2 Å². The van der Waals surface area contributed by atoms with Gasteiger partial charge in [0.2, 0.25) is 5.91 Å². The molecular formula is C22H20FN5O2. The molecule has 1 aromatic heterocycles. The van der Waals surface area contributed by atoms with Crippen LogP contribution in [0.25, 0.3) is 0 Å². The normalized spacial score (nSPS) is 13.9. The van der Waals surface area contributed by atoms with Gasteiger partial charge in [-0.05, 0) is 54.8 Å². The first-order valence-corrected chi connectivity index (χ1v) is 9.51. The summed E-state index contributed by atoms with van der Waals surface area (Å²) in [5.74, 6) is -0.853. The van der Waals surface area contributed by atoms with Crippen molar-refractivity contribution >= 4 is 23.2 Å². The third-order valence-corrected chi connectivity index (χ3v) is 4.90. The van der Waals surface area contributed by atoms with E-state index in [1.54, 1.807) is 12.1 Å². The molecule has 1 heterocycles. The predicted molar refractivity (Wildman–Crippen MR) is 109 cm³/mol. The standard InChI is InChI=1S/C22H20FN5O2/c23-17-3-7-19(8-4-17)27-18-5-1-15(2-6-18)11-26-21(30)22(9-10-22)28-20(29)16-12-24-14-25-13-16/h1-8,12-14,27H,9-11H2,(H,26,30)(H,28,29). The fourth-order valence-electron chi connectivity index (χ4n) is 3.00. The number of carbonyl (C=O) groups is 2. The van der Waals surface area contributed by atoms with Gasteiger partial charge in [-0.25, -0.2) is 14.4 Å². The van der Waals surface area contributed by atoms with E-state index < -0.39 is 5.54 Å². The van der Waals surface area contributed by atoms with Gasteiger partial charge in [0.1, 0.15) is 17.7 Å². The number of nitrogens with zero attached hydrogens (tertiary/aromatic N) is 2. The number of rotatable bonds is 7. The fraction of sp³-hybridized carbons (Fsp3) is 0.182. The molecule has 2 amide bonds. The van der Waals surface area contributed by atoms with Crippen molar-refractivity contribution in [2.75, 3.05) is 5.32 Å². The Kier molecular flexibility index (Phi) is 5.38. The molecule has 0 unspecified atom stereocenters. The summed E-state index contributed by atoms with van der Waals surface area (Å²) in [7, 11) is 0. The fourth-order valence-corrected chi connectivity index (χ4v) is 3.00. The lowest BCUT2D eigenvalue weighted by Crippen LogP contribution is -2.48. The van der Waals surface area contributed by atoms with E-state index in [0.717, 1.165) is 16.9 Å². The minimum atomic E-state index is -0.864. The number of anilines is 2. The van der Waals surface area contributed by atoms with Gasteiger partial charge in [-0.2, -0.15) is 0 Å². The van der Waals surface area contributed by atoms with E-state index in [9.17, 15) is 14.0 Å². The van der Waals surface area contributed by atoms with Gasteiger partial charge in [-0.15, -0.1) is 0 Å². The van der Waals surface area contributed by atoms with Crippen molar-refractivity contribution in [1.29, 1.82) is 0 Å². The Morgan fingerprint density at radius 3 is 2.13 bits per heavy atom. The van der Waals surface area contributed by atoms with Gasteiger partial charge < -0.3 is 16.0 Å². The first-order valence-electron chi connectivity index (χ1n) is 9.51. The van der Waals surface area contributed by atoms with E-state index in [0.29, 0.717) is 24.9 Å². The van der Waals surface area contributed by atoms with Crippen LogP contribution in [-0.2, 0) is 11.3 Å². The minimum Gasteiger partial charge on any atom is -0.356 e. The van der Waals surface area contributed by atoms with E-state index in [-0.39, 0.29) is 17.6 Å². The molecule has 0 aliphatic heterocycles. The molecule has 3 aromatic rings. The van der Waals surface area contributed by atoms with E-state index in [1.807, 2.05) is 24.3 Å². The molecule has 4 rings (SSSR count). The lowest BCUT2D eigenvalue weighted by molar-refractivity contribution is -0.124. The first kappa shape index (κ1) is 19.5. The molecule has 30 heavy (non-hydrogen) atoms. The van der Waals surface area contributed by atoms with Gasteiger partial charge in [0, 0.05) is 30.3 Å². The molecular weight excluding hydrogens is 385 g/mol. The highest BCUT2D eigenvalue weighted by atomic mass is 19.1. The first-order chi connectivity index (χ1) is 14.5. The van der Waals surface area contributed by atoms with Crippen molar-refractivity contribution < 1.29 is 14.0 Å². The van der Waals surface area contributed by atoms with Crippen LogP contribution in [0.4, 0.5) is 15.8 Å². The zero-order valence-corrected chi connectivity index (χ0v) is 16.1.